The topological polar surface area (TPSA) is 64.9 Å². The van der Waals surface area contributed by atoms with E-state index in [1.54, 1.807) is 18.2 Å². The summed E-state index contributed by atoms with van der Waals surface area (Å²) >= 11 is 0. The predicted molar refractivity (Wildman–Crippen MR) is 80.1 cm³/mol. The van der Waals surface area contributed by atoms with Crippen molar-refractivity contribution in [2.24, 2.45) is 11.7 Å². The minimum absolute atomic E-state index is 0.314. The molecule has 1 heterocycles. The fourth-order valence-electron chi connectivity index (χ4n) is 2.51. The zero-order valence-electron chi connectivity index (χ0n) is 12.4. The van der Waals surface area contributed by atoms with Crippen LogP contribution >= 0.6 is 0 Å². The fourth-order valence-corrected chi connectivity index (χ4v) is 2.51. The van der Waals surface area contributed by atoms with Crippen LogP contribution in [0.3, 0.4) is 0 Å². The molecule has 0 saturated carbocycles. The highest BCUT2D eigenvalue weighted by molar-refractivity contribution is 5.54. The Morgan fingerprint density at radius 3 is 2.76 bits per heavy atom. The highest BCUT2D eigenvalue weighted by Crippen LogP contribution is 2.21. The van der Waals surface area contributed by atoms with Crippen molar-refractivity contribution in [3.05, 3.63) is 36.0 Å². The third-order valence-electron chi connectivity index (χ3n) is 3.62. The van der Waals surface area contributed by atoms with E-state index in [2.05, 4.69) is 17.1 Å². The zero-order chi connectivity index (χ0) is 15.1. The Bertz CT molecular complexity index is 550. The molecule has 21 heavy (non-hydrogen) atoms. The molecule has 1 aromatic heterocycles. The molecule has 0 bridgehead atoms. The average Bonchev–Trinajstić information content (AvgIpc) is 2.94. The molecule has 1 unspecified atom stereocenters. The van der Waals surface area contributed by atoms with E-state index < -0.39 is 0 Å². The molecule has 2 rings (SSSR count). The van der Waals surface area contributed by atoms with Crippen LogP contribution in [-0.4, -0.2) is 16.7 Å². The van der Waals surface area contributed by atoms with Gasteiger partial charge >= 0.3 is 0 Å². The molecule has 1 aromatic carbocycles. The lowest BCUT2D eigenvalue weighted by molar-refractivity contribution is 0.349. The van der Waals surface area contributed by atoms with E-state index >= 15 is 0 Å². The van der Waals surface area contributed by atoms with Crippen molar-refractivity contribution < 1.29 is 8.91 Å². The smallest absolute Gasteiger partial charge is 0.226 e. The Labute approximate surface area is 124 Å². The second-order valence-electron chi connectivity index (χ2n) is 5.26. The quantitative estimate of drug-likeness (QED) is 0.807. The summed E-state index contributed by atoms with van der Waals surface area (Å²) in [6, 6.07) is 6.44. The summed E-state index contributed by atoms with van der Waals surface area (Å²) in [6.07, 6.45) is 5.01. The molecule has 114 valence electrons. The van der Waals surface area contributed by atoms with Crippen LogP contribution in [0.25, 0.3) is 11.4 Å². The van der Waals surface area contributed by atoms with Gasteiger partial charge in [-0.3, -0.25) is 0 Å². The summed E-state index contributed by atoms with van der Waals surface area (Å²) in [5, 5.41) is 3.87. The lowest BCUT2D eigenvalue weighted by atomic mass is 9.94. The summed E-state index contributed by atoms with van der Waals surface area (Å²) in [6.45, 7) is 2.88. The molecule has 2 N–H and O–H groups in total. The first-order valence-corrected chi connectivity index (χ1v) is 7.52. The molecule has 0 radical (unpaired) electrons. The Morgan fingerprint density at radius 2 is 2.05 bits per heavy atom. The molecule has 0 fully saturated rings. The van der Waals surface area contributed by atoms with Gasteiger partial charge in [0.15, 0.2) is 0 Å². The van der Waals surface area contributed by atoms with Gasteiger partial charge in [-0.2, -0.15) is 4.98 Å². The van der Waals surface area contributed by atoms with Crippen molar-refractivity contribution in [3.8, 4) is 11.4 Å². The number of aryl methyl sites for hydroxylation is 1. The zero-order valence-corrected chi connectivity index (χ0v) is 12.4. The molecule has 2 aromatic rings. The van der Waals surface area contributed by atoms with Gasteiger partial charge in [-0.15, -0.1) is 0 Å². The molecule has 0 spiro atoms. The number of rotatable bonds is 8. The van der Waals surface area contributed by atoms with Crippen LogP contribution in [0, 0.1) is 11.7 Å². The second kappa shape index (κ2) is 7.88. The third kappa shape index (κ3) is 4.36. The van der Waals surface area contributed by atoms with Gasteiger partial charge in [-0.1, -0.05) is 37.1 Å². The summed E-state index contributed by atoms with van der Waals surface area (Å²) in [7, 11) is 0. The van der Waals surface area contributed by atoms with E-state index in [-0.39, 0.29) is 5.82 Å². The van der Waals surface area contributed by atoms with Crippen LogP contribution in [0.15, 0.2) is 28.8 Å². The number of nitrogens with zero attached hydrogens (tertiary/aromatic N) is 2. The van der Waals surface area contributed by atoms with E-state index in [0.717, 1.165) is 25.7 Å². The van der Waals surface area contributed by atoms with Crippen molar-refractivity contribution in [2.75, 3.05) is 6.54 Å². The van der Waals surface area contributed by atoms with Crippen LogP contribution in [0.2, 0.25) is 0 Å². The Hall–Kier alpha value is -1.75. The Balaban J connectivity index is 1.98. The van der Waals surface area contributed by atoms with Crippen LogP contribution in [0.5, 0.6) is 0 Å². The number of benzene rings is 1. The van der Waals surface area contributed by atoms with Gasteiger partial charge < -0.3 is 10.3 Å². The van der Waals surface area contributed by atoms with Gasteiger partial charge in [0.2, 0.25) is 11.7 Å². The first-order chi connectivity index (χ1) is 10.2. The van der Waals surface area contributed by atoms with Crippen LogP contribution in [0.1, 0.15) is 38.5 Å². The summed E-state index contributed by atoms with van der Waals surface area (Å²) in [4.78, 5) is 4.28. The summed E-state index contributed by atoms with van der Waals surface area (Å²) in [5.74, 6) is 1.13. The van der Waals surface area contributed by atoms with Gasteiger partial charge in [0.1, 0.15) is 5.82 Å². The molecule has 0 aliphatic rings. The van der Waals surface area contributed by atoms with Gasteiger partial charge in [-0.25, -0.2) is 4.39 Å². The first-order valence-electron chi connectivity index (χ1n) is 7.52. The molecule has 0 aliphatic heterocycles. The van der Waals surface area contributed by atoms with Gasteiger partial charge in [0, 0.05) is 6.42 Å². The number of nitrogens with two attached hydrogens (primary N) is 1. The first kappa shape index (κ1) is 15.6. The maximum Gasteiger partial charge on any atom is 0.226 e. The van der Waals surface area contributed by atoms with Crippen LogP contribution in [-0.2, 0) is 6.42 Å². The van der Waals surface area contributed by atoms with Gasteiger partial charge in [0.05, 0.1) is 5.56 Å². The average molecular weight is 291 g/mol. The van der Waals surface area contributed by atoms with E-state index in [9.17, 15) is 4.39 Å². The second-order valence-corrected chi connectivity index (χ2v) is 5.26. The molecule has 4 nitrogen and oxygen atoms in total. The number of hydrogen-bond donors (Lipinski definition) is 1. The van der Waals surface area contributed by atoms with Crippen molar-refractivity contribution in [1.82, 2.24) is 10.1 Å². The van der Waals surface area contributed by atoms with E-state index in [1.807, 2.05) is 0 Å². The molecular formula is C16H22FN3O. The minimum Gasteiger partial charge on any atom is -0.339 e. The SMILES string of the molecule is CCCC(CCN)CCc1nc(-c2ccccc2F)no1. The highest BCUT2D eigenvalue weighted by atomic mass is 19.1. The molecule has 0 saturated heterocycles. The normalized spacial score (nSPS) is 12.5. The third-order valence-corrected chi connectivity index (χ3v) is 3.62. The van der Waals surface area contributed by atoms with E-state index in [0.29, 0.717) is 36.2 Å². The largest absolute Gasteiger partial charge is 0.339 e. The van der Waals surface area contributed by atoms with Gasteiger partial charge in [-0.05, 0) is 37.4 Å². The predicted octanol–water partition coefficient (Wildman–Crippen LogP) is 3.57. The molecule has 0 aliphatic carbocycles. The lowest BCUT2D eigenvalue weighted by Gasteiger charge is -2.13. The fraction of sp³-hybridized carbons (Fsp3) is 0.500. The number of hydrogen-bond acceptors (Lipinski definition) is 4. The van der Waals surface area contributed by atoms with E-state index in [1.165, 1.54) is 6.07 Å². The lowest BCUT2D eigenvalue weighted by Crippen LogP contribution is -2.09. The number of aromatic nitrogens is 2. The Kier molecular flexibility index (Phi) is 5.87. The molecule has 1 atom stereocenters. The summed E-state index contributed by atoms with van der Waals surface area (Å²) < 4.78 is 18.9. The van der Waals surface area contributed by atoms with Crippen molar-refractivity contribution in [3.63, 3.8) is 0 Å². The standard InChI is InChI=1S/C16H22FN3O/c1-2-5-12(10-11-18)8-9-15-19-16(20-21-15)13-6-3-4-7-14(13)17/h3-4,6-7,12H,2,5,8-11,18H2,1H3. The Morgan fingerprint density at radius 1 is 1.24 bits per heavy atom. The van der Waals surface area contributed by atoms with E-state index in [4.69, 9.17) is 10.3 Å². The van der Waals surface area contributed by atoms with Crippen molar-refractivity contribution in [1.29, 1.82) is 0 Å². The molecular weight excluding hydrogens is 269 g/mol. The van der Waals surface area contributed by atoms with Crippen molar-refractivity contribution in [2.45, 2.75) is 39.0 Å². The maximum atomic E-state index is 13.7. The summed E-state index contributed by atoms with van der Waals surface area (Å²) in [5.41, 5.74) is 6.01. The monoisotopic (exact) mass is 291 g/mol. The minimum atomic E-state index is -0.336. The van der Waals surface area contributed by atoms with Gasteiger partial charge in [0.25, 0.3) is 0 Å². The maximum absolute atomic E-state index is 13.7. The van der Waals surface area contributed by atoms with Crippen LogP contribution < -0.4 is 5.73 Å². The van der Waals surface area contributed by atoms with Crippen molar-refractivity contribution >= 4 is 0 Å². The number of halogens is 1. The highest BCUT2D eigenvalue weighted by Gasteiger charge is 2.14. The molecule has 5 heteroatoms. The van der Waals surface area contributed by atoms with Crippen LogP contribution in [0.4, 0.5) is 4.39 Å². The molecule has 0 amide bonds.